The molecule has 4 N–H and O–H groups in total. The van der Waals surface area contributed by atoms with E-state index < -0.39 is 85.7 Å². The molecule has 6 atom stereocenters. The van der Waals surface area contributed by atoms with Crippen molar-refractivity contribution in [3.05, 3.63) is 53.6 Å². The molecule has 262 valence electrons. The molecule has 1 aromatic carbocycles. The van der Waals surface area contributed by atoms with E-state index in [1.54, 1.807) is 59.7 Å². The zero-order chi connectivity index (χ0) is 35.4. The molecule has 5 rings (SSSR count). The first-order valence-corrected chi connectivity index (χ1v) is 17.9. The highest BCUT2D eigenvalue weighted by molar-refractivity contribution is 7.90. The van der Waals surface area contributed by atoms with Gasteiger partial charge >= 0.3 is 6.09 Å². The fraction of sp³-hybridized carbons (Fsp3) is 0.576. The molecule has 4 aliphatic rings. The molecule has 2 heterocycles. The number of carbonyl (C=O) groups excluding carboxylic acids is 4. The maximum atomic E-state index is 14.4. The van der Waals surface area contributed by atoms with E-state index in [1.165, 1.54) is 11.0 Å². The van der Waals surface area contributed by atoms with Crippen LogP contribution in [0.4, 0.5) is 4.79 Å². The molecule has 0 unspecified atom stereocenters. The normalized spacial score (nSPS) is 27.4. The van der Waals surface area contributed by atoms with Crippen LogP contribution < -0.4 is 20.8 Å². The topological polar surface area (TPSA) is 172 Å². The van der Waals surface area contributed by atoms with Crippen molar-refractivity contribution in [2.45, 2.75) is 95.4 Å². The Labute approximate surface area is 286 Å². The fourth-order valence-corrected chi connectivity index (χ4v) is 7.67. The van der Waals surface area contributed by atoms with E-state index in [0.717, 1.165) is 5.56 Å². The van der Waals surface area contributed by atoms with Crippen molar-refractivity contribution in [1.29, 1.82) is 0 Å². The number of amides is 4. The van der Waals surface area contributed by atoms with Gasteiger partial charge in [-0.3, -0.25) is 29.4 Å². The van der Waals surface area contributed by atoms with Crippen LogP contribution in [0.1, 0.15) is 66.4 Å². The Balaban J connectivity index is 1.41. The third-order valence-electron chi connectivity index (χ3n) is 8.79. The summed E-state index contributed by atoms with van der Waals surface area (Å²) in [6, 6.07) is 4.23. The van der Waals surface area contributed by atoms with Crippen LogP contribution in [0.2, 0.25) is 5.02 Å². The number of halogens is 1. The Morgan fingerprint density at radius 1 is 1.15 bits per heavy atom. The van der Waals surface area contributed by atoms with Gasteiger partial charge in [-0.05, 0) is 57.2 Å². The molecule has 0 aromatic heterocycles. The van der Waals surface area contributed by atoms with Gasteiger partial charge in [0, 0.05) is 29.0 Å². The molecule has 1 spiro atoms. The van der Waals surface area contributed by atoms with E-state index >= 15 is 0 Å². The molecule has 2 saturated carbocycles. The SMILES string of the molecule is C=C[C@H]1[C@H](NC(=O)[C@@H]2C[C@]3(C=C(c4cccc(Cl)c4)NO3)CN2C(=O)[C@@H](NC(=O)OC(C)(C)C)C(C)(C)C)[C@H]1C(=O)NS(=O)(=O)C1CC1. The second-order valence-electron chi connectivity index (χ2n) is 15.1. The second kappa shape index (κ2) is 12.7. The minimum atomic E-state index is -3.78. The van der Waals surface area contributed by atoms with Crippen molar-refractivity contribution in [3.63, 3.8) is 0 Å². The molecule has 2 aliphatic carbocycles. The van der Waals surface area contributed by atoms with Gasteiger partial charge < -0.3 is 20.3 Å². The maximum absolute atomic E-state index is 14.4. The van der Waals surface area contributed by atoms with Gasteiger partial charge in [0.1, 0.15) is 23.3 Å². The minimum absolute atomic E-state index is 0.0390. The van der Waals surface area contributed by atoms with Gasteiger partial charge in [0.2, 0.25) is 27.7 Å². The van der Waals surface area contributed by atoms with Crippen LogP contribution in [0.15, 0.2) is 43.0 Å². The molecule has 4 amide bonds. The number of carbonyl (C=O) groups is 4. The summed E-state index contributed by atoms with van der Waals surface area (Å²) in [4.78, 5) is 61.7. The lowest BCUT2D eigenvalue weighted by Crippen LogP contribution is -2.58. The zero-order valence-corrected chi connectivity index (χ0v) is 29.5. The summed E-state index contributed by atoms with van der Waals surface area (Å²) in [5, 5.41) is 5.50. The largest absolute Gasteiger partial charge is 0.444 e. The number of hydrogen-bond acceptors (Lipinski definition) is 9. The predicted molar refractivity (Wildman–Crippen MR) is 178 cm³/mol. The molecular formula is C33H44ClN5O8S. The van der Waals surface area contributed by atoms with Crippen molar-refractivity contribution < 1.29 is 37.2 Å². The summed E-state index contributed by atoms with van der Waals surface area (Å²) in [6.07, 6.45) is 3.56. The van der Waals surface area contributed by atoms with Crippen LogP contribution in [0.3, 0.4) is 0 Å². The van der Waals surface area contributed by atoms with Crippen LogP contribution in [0.25, 0.3) is 5.70 Å². The summed E-state index contributed by atoms with van der Waals surface area (Å²) in [7, 11) is -3.78. The maximum Gasteiger partial charge on any atom is 0.408 e. The van der Waals surface area contributed by atoms with Crippen molar-refractivity contribution in [1.82, 2.24) is 25.7 Å². The van der Waals surface area contributed by atoms with E-state index in [-0.39, 0.29) is 13.0 Å². The number of nitrogens with one attached hydrogen (secondary N) is 4. The third kappa shape index (κ3) is 7.81. The summed E-state index contributed by atoms with van der Waals surface area (Å²) < 4.78 is 32.4. The number of nitrogens with zero attached hydrogens (tertiary/aromatic N) is 1. The number of hydrogen-bond donors (Lipinski definition) is 4. The second-order valence-corrected chi connectivity index (χ2v) is 17.4. The fourth-order valence-electron chi connectivity index (χ4n) is 6.14. The number of benzene rings is 1. The highest BCUT2D eigenvalue weighted by Gasteiger charge is 2.58. The predicted octanol–water partition coefficient (Wildman–Crippen LogP) is 3.02. The van der Waals surface area contributed by atoms with Crippen molar-refractivity contribution >= 4 is 51.1 Å². The lowest BCUT2D eigenvalue weighted by Gasteiger charge is -2.35. The van der Waals surface area contributed by atoms with Crippen LogP contribution in [0, 0.1) is 17.3 Å². The summed E-state index contributed by atoms with van der Waals surface area (Å²) >= 11 is 6.21. The van der Waals surface area contributed by atoms with Crippen LogP contribution >= 0.6 is 11.6 Å². The van der Waals surface area contributed by atoms with E-state index in [9.17, 15) is 27.6 Å². The number of alkyl carbamates (subject to hydrolysis) is 1. The molecule has 2 aliphatic heterocycles. The molecule has 15 heteroatoms. The average Bonchev–Trinajstić information content (AvgIpc) is 3.87. The Morgan fingerprint density at radius 3 is 2.42 bits per heavy atom. The van der Waals surface area contributed by atoms with Gasteiger partial charge in [-0.15, -0.1) is 6.58 Å². The van der Waals surface area contributed by atoms with Gasteiger partial charge in [0.05, 0.1) is 23.4 Å². The Bertz CT molecular complexity index is 1650. The van der Waals surface area contributed by atoms with E-state index in [4.69, 9.17) is 21.2 Å². The smallest absolute Gasteiger partial charge is 0.408 e. The summed E-state index contributed by atoms with van der Waals surface area (Å²) in [5.74, 6) is -3.14. The highest BCUT2D eigenvalue weighted by atomic mass is 35.5. The van der Waals surface area contributed by atoms with Gasteiger partial charge in [-0.1, -0.05) is 50.6 Å². The molecule has 0 radical (unpaired) electrons. The van der Waals surface area contributed by atoms with Gasteiger partial charge in [0.25, 0.3) is 0 Å². The van der Waals surface area contributed by atoms with Crippen LogP contribution in [-0.4, -0.2) is 78.3 Å². The standard InChI is InChI=1S/C33H44ClN5O8S/c1-8-21-24(28(41)38-48(44,45)20-12-13-20)25(21)35-27(40)23-16-33(15-22(37-47-33)18-10-9-11-19(34)14-18)17-39(23)29(42)26(31(2,3)4)36-30(43)46-32(5,6)7/h8-11,14-15,20-21,23-26,37H,1,12-13,16-17H2,2-7H3,(H,35,40)(H,36,43)(H,38,41)/t21-,23+,24+,25+,26-,33-/m1/s1. The Morgan fingerprint density at radius 2 is 1.83 bits per heavy atom. The van der Waals surface area contributed by atoms with Crippen molar-refractivity contribution in [2.24, 2.45) is 17.3 Å². The number of hydroxylamine groups is 1. The monoisotopic (exact) mass is 705 g/mol. The first-order chi connectivity index (χ1) is 22.2. The van der Waals surface area contributed by atoms with Crippen LogP contribution in [0.5, 0.6) is 0 Å². The van der Waals surface area contributed by atoms with Gasteiger partial charge in [-0.2, -0.15) is 0 Å². The number of ether oxygens (including phenoxy) is 1. The summed E-state index contributed by atoms with van der Waals surface area (Å²) in [5.41, 5.74) is 1.54. The molecule has 13 nitrogen and oxygen atoms in total. The molecule has 1 aromatic rings. The van der Waals surface area contributed by atoms with Gasteiger partial charge in [-0.25, -0.2) is 13.2 Å². The molecular weight excluding hydrogens is 662 g/mol. The van der Waals surface area contributed by atoms with E-state index in [1.807, 2.05) is 12.1 Å². The first kappa shape index (κ1) is 35.7. The molecule has 1 saturated heterocycles. The quantitative estimate of drug-likeness (QED) is 0.282. The van der Waals surface area contributed by atoms with Crippen LogP contribution in [-0.2, 0) is 34.0 Å². The number of likely N-dealkylation sites (tertiary alicyclic amines) is 1. The lowest BCUT2D eigenvalue weighted by atomic mass is 9.85. The van der Waals surface area contributed by atoms with E-state index in [2.05, 4.69) is 27.4 Å². The molecule has 0 bridgehead atoms. The van der Waals surface area contributed by atoms with E-state index in [0.29, 0.717) is 23.6 Å². The van der Waals surface area contributed by atoms with Crippen molar-refractivity contribution in [3.8, 4) is 0 Å². The minimum Gasteiger partial charge on any atom is -0.444 e. The molecule has 48 heavy (non-hydrogen) atoms. The number of rotatable bonds is 9. The van der Waals surface area contributed by atoms with Gasteiger partial charge in [0.15, 0.2) is 0 Å². The van der Waals surface area contributed by atoms with Crippen molar-refractivity contribution in [2.75, 3.05) is 6.54 Å². The third-order valence-corrected chi connectivity index (χ3v) is 10.9. The Kier molecular flexibility index (Phi) is 9.43. The Hall–Kier alpha value is -3.62. The zero-order valence-electron chi connectivity index (χ0n) is 28.0. The number of sulfonamides is 1. The summed E-state index contributed by atoms with van der Waals surface area (Å²) in [6.45, 7) is 14.2. The first-order valence-electron chi connectivity index (χ1n) is 15.9. The average molecular weight is 706 g/mol. The molecule has 3 fully saturated rings. The highest BCUT2D eigenvalue weighted by Crippen LogP contribution is 2.43. The lowest BCUT2D eigenvalue weighted by molar-refractivity contribution is -0.142.